The Morgan fingerprint density at radius 1 is 0.900 bits per heavy atom. The van der Waals surface area contributed by atoms with Gasteiger partial charge in [0.2, 0.25) is 0 Å². The number of carbonyl (C=O) groups excluding carboxylic acids is 2. The highest BCUT2D eigenvalue weighted by Crippen LogP contribution is 2.36. The first-order valence-corrected chi connectivity index (χ1v) is 13.0. The van der Waals surface area contributed by atoms with Crippen LogP contribution < -0.4 is 14.2 Å². The fraction of sp³-hybridized carbons (Fsp3) is 0.323. The minimum absolute atomic E-state index is 0.160. The van der Waals surface area contributed by atoms with E-state index in [4.69, 9.17) is 24.0 Å². The Hall–Kier alpha value is -4.37. The van der Waals surface area contributed by atoms with Crippen LogP contribution in [0.5, 0.6) is 17.2 Å². The average molecular weight is 546 g/mol. The molecule has 0 N–H and O–H groups in total. The molecule has 0 bridgehead atoms. The molecule has 4 rings (SSSR count). The van der Waals surface area contributed by atoms with Crippen LogP contribution in [0.3, 0.4) is 0 Å². The van der Waals surface area contributed by atoms with Gasteiger partial charge < -0.3 is 23.8 Å². The van der Waals surface area contributed by atoms with Gasteiger partial charge in [-0.2, -0.15) is 5.10 Å². The molecule has 210 valence electrons. The summed E-state index contributed by atoms with van der Waals surface area (Å²) in [6.45, 7) is 2.39. The summed E-state index contributed by atoms with van der Waals surface area (Å²) in [7, 11) is 6.31. The van der Waals surface area contributed by atoms with Gasteiger partial charge in [0.05, 0.1) is 39.7 Å². The van der Waals surface area contributed by atoms with Gasteiger partial charge in [0.15, 0.2) is 0 Å². The highest BCUT2D eigenvalue weighted by atomic mass is 16.5. The van der Waals surface area contributed by atoms with Crippen LogP contribution in [0, 0.1) is 6.92 Å². The third-order valence-electron chi connectivity index (χ3n) is 6.86. The SMILES string of the molecule is COCCN(CC(=O)N1N=C(c2ccc(OC)cc2OC)C[C@@H]1c1ccc(C)cc1)C(=O)c1ccc(OC)cc1. The molecule has 9 nitrogen and oxygen atoms in total. The van der Waals surface area contributed by atoms with Crippen molar-refractivity contribution in [3.8, 4) is 17.2 Å². The van der Waals surface area contributed by atoms with E-state index in [1.165, 1.54) is 9.91 Å². The van der Waals surface area contributed by atoms with Crippen molar-refractivity contribution in [1.29, 1.82) is 0 Å². The van der Waals surface area contributed by atoms with Gasteiger partial charge >= 0.3 is 0 Å². The summed E-state index contributed by atoms with van der Waals surface area (Å²) in [5, 5.41) is 6.28. The predicted molar refractivity (Wildman–Crippen MR) is 152 cm³/mol. The van der Waals surface area contributed by atoms with Crippen LogP contribution in [0.1, 0.15) is 39.5 Å². The van der Waals surface area contributed by atoms with Gasteiger partial charge in [0, 0.05) is 37.3 Å². The molecule has 0 spiro atoms. The first kappa shape index (κ1) is 28.6. The average Bonchev–Trinajstić information content (AvgIpc) is 3.44. The number of ether oxygens (including phenoxy) is 4. The largest absolute Gasteiger partial charge is 0.497 e. The number of hydrazone groups is 1. The van der Waals surface area contributed by atoms with Gasteiger partial charge in [-0.3, -0.25) is 9.59 Å². The number of nitrogens with zero attached hydrogens (tertiary/aromatic N) is 3. The Balaban J connectivity index is 1.66. The van der Waals surface area contributed by atoms with Crippen molar-refractivity contribution in [2.24, 2.45) is 5.10 Å². The van der Waals surface area contributed by atoms with Crippen LogP contribution in [-0.4, -0.2) is 75.6 Å². The van der Waals surface area contributed by atoms with Crippen molar-refractivity contribution in [2.45, 2.75) is 19.4 Å². The molecule has 1 aliphatic rings. The smallest absolute Gasteiger partial charge is 0.262 e. The minimum atomic E-state index is -0.338. The monoisotopic (exact) mass is 545 g/mol. The number of hydrogen-bond donors (Lipinski definition) is 0. The van der Waals surface area contributed by atoms with Crippen LogP contribution in [-0.2, 0) is 9.53 Å². The zero-order chi connectivity index (χ0) is 28.6. The summed E-state index contributed by atoms with van der Waals surface area (Å²) in [6.07, 6.45) is 0.488. The highest BCUT2D eigenvalue weighted by Gasteiger charge is 2.35. The molecular weight excluding hydrogens is 510 g/mol. The summed E-state index contributed by atoms with van der Waals surface area (Å²) in [5.41, 5.74) is 4.02. The lowest BCUT2D eigenvalue weighted by atomic mass is 9.97. The number of rotatable bonds is 11. The quantitative estimate of drug-likeness (QED) is 0.353. The minimum Gasteiger partial charge on any atom is -0.497 e. The fourth-order valence-corrected chi connectivity index (χ4v) is 4.59. The Labute approximate surface area is 234 Å². The summed E-state index contributed by atoms with van der Waals surface area (Å²) >= 11 is 0. The van der Waals surface area contributed by atoms with E-state index in [2.05, 4.69) is 0 Å². The Kier molecular flexibility index (Phi) is 9.39. The molecule has 0 aromatic heterocycles. The molecule has 0 radical (unpaired) electrons. The maximum absolute atomic E-state index is 13.9. The molecule has 1 aliphatic heterocycles. The van der Waals surface area contributed by atoms with E-state index in [-0.39, 0.29) is 37.6 Å². The van der Waals surface area contributed by atoms with Crippen LogP contribution in [0.25, 0.3) is 0 Å². The summed E-state index contributed by atoms with van der Waals surface area (Å²) in [5.74, 6) is 1.33. The van der Waals surface area contributed by atoms with E-state index >= 15 is 0 Å². The van der Waals surface area contributed by atoms with Crippen molar-refractivity contribution in [3.63, 3.8) is 0 Å². The number of aryl methyl sites for hydroxylation is 1. The van der Waals surface area contributed by atoms with E-state index in [0.29, 0.717) is 34.9 Å². The van der Waals surface area contributed by atoms with Crippen LogP contribution in [0.2, 0.25) is 0 Å². The molecule has 3 aromatic rings. The van der Waals surface area contributed by atoms with Gasteiger partial charge in [0.25, 0.3) is 11.8 Å². The lowest BCUT2D eigenvalue weighted by Gasteiger charge is -2.27. The first-order chi connectivity index (χ1) is 19.4. The van der Waals surface area contributed by atoms with E-state index in [0.717, 1.165) is 16.7 Å². The number of carbonyl (C=O) groups is 2. The number of hydrogen-bond acceptors (Lipinski definition) is 7. The van der Waals surface area contributed by atoms with Crippen molar-refractivity contribution in [1.82, 2.24) is 9.91 Å². The van der Waals surface area contributed by atoms with Crippen molar-refractivity contribution >= 4 is 17.5 Å². The summed E-state index contributed by atoms with van der Waals surface area (Å²) in [6, 6.07) is 20.0. The van der Waals surface area contributed by atoms with Crippen LogP contribution in [0.4, 0.5) is 0 Å². The lowest BCUT2D eigenvalue weighted by molar-refractivity contribution is -0.133. The number of amides is 2. The number of methoxy groups -OCH3 is 4. The number of benzene rings is 3. The maximum atomic E-state index is 13.9. The second kappa shape index (κ2) is 13.1. The zero-order valence-corrected chi connectivity index (χ0v) is 23.5. The molecular formula is C31H35N3O6. The van der Waals surface area contributed by atoms with Gasteiger partial charge in [0.1, 0.15) is 23.8 Å². The van der Waals surface area contributed by atoms with E-state index < -0.39 is 0 Å². The second-order valence-corrected chi connectivity index (χ2v) is 9.43. The molecule has 0 saturated carbocycles. The van der Waals surface area contributed by atoms with E-state index in [1.807, 2.05) is 43.3 Å². The Morgan fingerprint density at radius 3 is 2.20 bits per heavy atom. The summed E-state index contributed by atoms with van der Waals surface area (Å²) in [4.78, 5) is 28.8. The van der Waals surface area contributed by atoms with Crippen LogP contribution in [0.15, 0.2) is 71.8 Å². The second-order valence-electron chi connectivity index (χ2n) is 9.43. The normalized spacial score (nSPS) is 14.5. The van der Waals surface area contributed by atoms with Gasteiger partial charge in [-0.25, -0.2) is 5.01 Å². The van der Waals surface area contributed by atoms with Crippen molar-refractivity contribution < 1.29 is 28.5 Å². The summed E-state index contributed by atoms with van der Waals surface area (Å²) < 4.78 is 21.4. The highest BCUT2D eigenvalue weighted by molar-refractivity contribution is 6.05. The van der Waals surface area contributed by atoms with E-state index in [1.54, 1.807) is 58.8 Å². The molecule has 3 aromatic carbocycles. The van der Waals surface area contributed by atoms with Crippen LogP contribution >= 0.6 is 0 Å². The first-order valence-electron chi connectivity index (χ1n) is 13.0. The molecule has 0 saturated heterocycles. The predicted octanol–water partition coefficient (Wildman–Crippen LogP) is 4.49. The molecule has 2 amide bonds. The van der Waals surface area contributed by atoms with Crippen molar-refractivity contribution in [2.75, 3.05) is 48.1 Å². The molecule has 0 aliphatic carbocycles. The molecule has 0 unspecified atom stereocenters. The van der Waals surface area contributed by atoms with E-state index in [9.17, 15) is 9.59 Å². The third-order valence-corrected chi connectivity index (χ3v) is 6.86. The molecule has 40 heavy (non-hydrogen) atoms. The topological polar surface area (TPSA) is 89.9 Å². The Bertz CT molecular complexity index is 1350. The lowest BCUT2D eigenvalue weighted by Crippen LogP contribution is -2.42. The van der Waals surface area contributed by atoms with Gasteiger partial charge in [-0.05, 0) is 48.9 Å². The standard InChI is InChI=1S/C31H35N3O6/c1-21-6-8-22(9-7-21)28-19-27(26-15-14-25(39-4)18-29(26)40-5)32-34(28)30(35)20-33(16-17-37-2)31(36)23-10-12-24(38-3)13-11-23/h6-15,18,28H,16-17,19-20H2,1-5H3/t28-/m1/s1. The Morgan fingerprint density at radius 2 is 1.57 bits per heavy atom. The van der Waals surface area contributed by atoms with Crippen molar-refractivity contribution in [3.05, 3.63) is 89.0 Å². The van der Waals surface area contributed by atoms with Gasteiger partial charge in [-0.15, -0.1) is 0 Å². The molecule has 9 heteroatoms. The van der Waals surface area contributed by atoms with Gasteiger partial charge in [-0.1, -0.05) is 29.8 Å². The fourth-order valence-electron chi connectivity index (χ4n) is 4.59. The molecule has 1 atom stereocenters. The third kappa shape index (κ3) is 6.43. The molecule has 1 heterocycles. The maximum Gasteiger partial charge on any atom is 0.262 e. The zero-order valence-electron chi connectivity index (χ0n) is 23.5. The molecule has 0 fully saturated rings.